The molecule has 0 fully saturated rings. The van der Waals surface area contributed by atoms with Gasteiger partial charge in [-0.25, -0.2) is 4.90 Å². The molecule has 0 saturated heterocycles. The summed E-state index contributed by atoms with van der Waals surface area (Å²) >= 11 is 14.4. The number of nitrogens with zero attached hydrogens (tertiary/aromatic N) is 1. The minimum absolute atomic E-state index is 0.0167. The second-order valence-electron chi connectivity index (χ2n) is 5.54. The van der Waals surface area contributed by atoms with E-state index < -0.39 is 11.8 Å². The lowest BCUT2D eigenvalue weighted by atomic mass is 10.2. The molecule has 0 bridgehead atoms. The summed E-state index contributed by atoms with van der Waals surface area (Å²) in [6.45, 7) is 1.90. The molecule has 1 aliphatic rings. The van der Waals surface area contributed by atoms with Crippen LogP contribution < -0.4 is 15.0 Å². The van der Waals surface area contributed by atoms with Crippen molar-refractivity contribution >= 4 is 69.0 Å². The molecular weight excluding hydrogens is 490 g/mol. The van der Waals surface area contributed by atoms with Gasteiger partial charge in [-0.1, -0.05) is 23.2 Å². The van der Waals surface area contributed by atoms with E-state index in [9.17, 15) is 9.59 Å². The minimum atomic E-state index is -0.636. The van der Waals surface area contributed by atoms with Crippen LogP contribution in [0.2, 0.25) is 5.02 Å². The molecule has 5 nitrogen and oxygen atoms in total. The van der Waals surface area contributed by atoms with E-state index in [-0.39, 0.29) is 16.4 Å². The molecule has 0 unspecified atom stereocenters. The van der Waals surface area contributed by atoms with Crippen LogP contribution in [0, 0.1) is 10.5 Å². The Morgan fingerprint density at radius 1 is 1.08 bits per heavy atom. The van der Waals surface area contributed by atoms with Gasteiger partial charge in [-0.05, 0) is 71.5 Å². The zero-order chi connectivity index (χ0) is 19.0. The van der Waals surface area contributed by atoms with Crippen molar-refractivity contribution in [3.05, 3.63) is 61.3 Å². The number of nitrogens with one attached hydrogen (secondary N) is 1. The number of hydrogen-bond acceptors (Lipinski definition) is 4. The molecule has 0 spiro atoms. The summed E-state index contributed by atoms with van der Waals surface area (Å²) in [7, 11) is 1.45. The van der Waals surface area contributed by atoms with Gasteiger partial charge in [-0.3, -0.25) is 9.59 Å². The third-order valence-corrected chi connectivity index (χ3v) is 5.11. The molecule has 0 atom stereocenters. The molecule has 1 aliphatic heterocycles. The van der Waals surface area contributed by atoms with Gasteiger partial charge in [0.15, 0.2) is 0 Å². The SMILES string of the molecule is COc1ccc(Cl)cc1N1C(=O)C(Cl)=C(Nc2ccc(I)cc2C)C1=O. The van der Waals surface area contributed by atoms with E-state index in [0.29, 0.717) is 16.5 Å². The first-order chi connectivity index (χ1) is 12.3. The van der Waals surface area contributed by atoms with Crippen molar-refractivity contribution in [2.75, 3.05) is 17.3 Å². The molecule has 0 saturated carbocycles. The van der Waals surface area contributed by atoms with Crippen molar-refractivity contribution in [1.29, 1.82) is 0 Å². The third kappa shape index (κ3) is 3.41. The first kappa shape index (κ1) is 19.0. The Hall–Kier alpha value is -1.77. The molecule has 2 aromatic rings. The number of halogens is 3. The van der Waals surface area contributed by atoms with Crippen molar-refractivity contribution in [2.45, 2.75) is 6.92 Å². The highest BCUT2D eigenvalue weighted by Crippen LogP contribution is 2.37. The molecule has 1 N–H and O–H groups in total. The molecule has 1 heterocycles. The van der Waals surface area contributed by atoms with E-state index >= 15 is 0 Å². The summed E-state index contributed by atoms with van der Waals surface area (Å²) in [5.74, 6) is -0.867. The quantitative estimate of drug-likeness (QED) is 0.486. The van der Waals surface area contributed by atoms with Crippen LogP contribution in [-0.4, -0.2) is 18.9 Å². The maximum absolute atomic E-state index is 12.9. The number of anilines is 2. The lowest BCUT2D eigenvalue weighted by Gasteiger charge is -2.18. The molecule has 0 radical (unpaired) electrons. The number of hydrogen-bond donors (Lipinski definition) is 1. The van der Waals surface area contributed by atoms with Crippen LogP contribution in [0.5, 0.6) is 5.75 Å². The van der Waals surface area contributed by atoms with Crippen LogP contribution in [0.3, 0.4) is 0 Å². The summed E-state index contributed by atoms with van der Waals surface area (Å²) in [5.41, 5.74) is 1.87. The lowest BCUT2D eigenvalue weighted by Crippen LogP contribution is -2.32. The average molecular weight is 503 g/mol. The van der Waals surface area contributed by atoms with Gasteiger partial charge in [0.1, 0.15) is 16.5 Å². The molecule has 3 rings (SSSR count). The highest BCUT2D eigenvalue weighted by atomic mass is 127. The zero-order valence-electron chi connectivity index (χ0n) is 13.8. The summed E-state index contributed by atoms with van der Waals surface area (Å²) in [5, 5.41) is 3.16. The number of amides is 2. The number of imide groups is 1. The van der Waals surface area contributed by atoms with Gasteiger partial charge in [0.2, 0.25) is 0 Å². The largest absolute Gasteiger partial charge is 0.495 e. The van der Waals surface area contributed by atoms with Crippen LogP contribution in [0.1, 0.15) is 5.56 Å². The van der Waals surface area contributed by atoms with Gasteiger partial charge in [-0.2, -0.15) is 0 Å². The van der Waals surface area contributed by atoms with Crippen LogP contribution in [0.15, 0.2) is 47.1 Å². The lowest BCUT2D eigenvalue weighted by molar-refractivity contribution is -0.120. The van der Waals surface area contributed by atoms with E-state index in [1.165, 1.54) is 13.2 Å². The molecule has 134 valence electrons. The summed E-state index contributed by atoms with van der Waals surface area (Å²) in [4.78, 5) is 26.5. The number of ether oxygens (including phenoxy) is 1. The van der Waals surface area contributed by atoms with Gasteiger partial charge in [0.25, 0.3) is 11.8 Å². The van der Waals surface area contributed by atoms with Crippen molar-refractivity contribution in [3.63, 3.8) is 0 Å². The fourth-order valence-electron chi connectivity index (χ4n) is 2.57. The minimum Gasteiger partial charge on any atom is -0.495 e. The van der Waals surface area contributed by atoms with E-state index in [2.05, 4.69) is 27.9 Å². The van der Waals surface area contributed by atoms with Gasteiger partial charge in [0, 0.05) is 14.3 Å². The van der Waals surface area contributed by atoms with Crippen molar-refractivity contribution in [2.24, 2.45) is 0 Å². The van der Waals surface area contributed by atoms with Gasteiger partial charge >= 0.3 is 0 Å². The van der Waals surface area contributed by atoms with Gasteiger partial charge in [0.05, 0.1) is 12.8 Å². The number of rotatable bonds is 4. The Morgan fingerprint density at radius 2 is 1.81 bits per heavy atom. The first-order valence-electron chi connectivity index (χ1n) is 7.48. The predicted octanol–water partition coefficient (Wildman–Crippen LogP) is 4.70. The average Bonchev–Trinajstić information content (AvgIpc) is 2.80. The molecule has 26 heavy (non-hydrogen) atoms. The second-order valence-corrected chi connectivity index (χ2v) is 7.60. The first-order valence-corrected chi connectivity index (χ1v) is 9.32. The fraction of sp³-hybridized carbons (Fsp3) is 0.111. The molecular formula is C18H13Cl2IN2O3. The van der Waals surface area contributed by atoms with Crippen LogP contribution >= 0.6 is 45.8 Å². The van der Waals surface area contributed by atoms with Crippen LogP contribution in [0.4, 0.5) is 11.4 Å². The number of carbonyl (C=O) groups excluding carboxylic acids is 2. The molecule has 8 heteroatoms. The van der Waals surface area contributed by atoms with Gasteiger partial charge < -0.3 is 10.1 Å². The van der Waals surface area contributed by atoms with E-state index in [1.807, 2.05) is 25.1 Å². The van der Waals surface area contributed by atoms with Crippen LogP contribution in [0.25, 0.3) is 0 Å². The van der Waals surface area contributed by atoms with E-state index in [4.69, 9.17) is 27.9 Å². The molecule has 0 aromatic heterocycles. The second kappa shape index (κ2) is 7.46. The zero-order valence-corrected chi connectivity index (χ0v) is 17.4. The number of methoxy groups -OCH3 is 1. The summed E-state index contributed by atoms with van der Waals surface area (Å²) < 4.78 is 6.30. The van der Waals surface area contributed by atoms with E-state index in [0.717, 1.165) is 14.0 Å². The number of benzene rings is 2. The monoisotopic (exact) mass is 502 g/mol. The Labute approximate surface area is 174 Å². The topological polar surface area (TPSA) is 58.6 Å². The molecule has 2 amide bonds. The summed E-state index contributed by atoms with van der Waals surface area (Å²) in [6.07, 6.45) is 0. The fourth-order valence-corrected chi connectivity index (χ4v) is 3.60. The Balaban J connectivity index is 1.99. The van der Waals surface area contributed by atoms with Crippen molar-refractivity contribution in [3.8, 4) is 5.75 Å². The van der Waals surface area contributed by atoms with Crippen molar-refractivity contribution in [1.82, 2.24) is 0 Å². The highest BCUT2D eigenvalue weighted by Gasteiger charge is 2.40. The van der Waals surface area contributed by atoms with Gasteiger partial charge in [-0.15, -0.1) is 0 Å². The van der Waals surface area contributed by atoms with E-state index in [1.54, 1.807) is 12.1 Å². The normalized spacial score (nSPS) is 14.3. The Bertz CT molecular complexity index is 959. The smallest absolute Gasteiger partial charge is 0.283 e. The number of aryl methyl sites for hydroxylation is 1. The number of carbonyl (C=O) groups is 2. The Kier molecular flexibility index (Phi) is 5.45. The predicted molar refractivity (Wildman–Crippen MR) is 111 cm³/mol. The molecule has 2 aromatic carbocycles. The maximum atomic E-state index is 12.9. The molecule has 0 aliphatic carbocycles. The van der Waals surface area contributed by atoms with Crippen LogP contribution in [-0.2, 0) is 9.59 Å². The standard InChI is InChI=1S/C18H13Cl2IN2O3/c1-9-7-11(21)4-5-12(9)22-16-15(20)17(24)23(18(16)25)13-8-10(19)3-6-14(13)26-2/h3-8,22H,1-2H3. The Morgan fingerprint density at radius 3 is 2.46 bits per heavy atom. The highest BCUT2D eigenvalue weighted by molar-refractivity contribution is 14.1. The maximum Gasteiger partial charge on any atom is 0.283 e. The third-order valence-electron chi connectivity index (χ3n) is 3.86. The summed E-state index contributed by atoms with van der Waals surface area (Å²) in [6, 6.07) is 10.4. The van der Waals surface area contributed by atoms with Crippen molar-refractivity contribution < 1.29 is 14.3 Å².